The van der Waals surface area contributed by atoms with Crippen LogP contribution in [-0.4, -0.2) is 32.7 Å². The molecule has 1 N–H and O–H groups in total. The molecule has 2 heterocycles. The second-order valence-electron chi connectivity index (χ2n) is 7.14. The van der Waals surface area contributed by atoms with Gasteiger partial charge in [0.05, 0.1) is 10.4 Å². The summed E-state index contributed by atoms with van der Waals surface area (Å²) in [6, 6.07) is 14.4. The third-order valence-corrected chi connectivity index (χ3v) is 6.91. The summed E-state index contributed by atoms with van der Waals surface area (Å²) in [6.07, 6.45) is 1.48. The van der Waals surface area contributed by atoms with E-state index in [2.05, 4.69) is 4.72 Å². The topological polar surface area (TPSA) is 90.5 Å². The molecule has 0 saturated carbocycles. The van der Waals surface area contributed by atoms with Gasteiger partial charge in [0.2, 0.25) is 10.0 Å². The third-order valence-electron chi connectivity index (χ3n) is 5.51. The van der Waals surface area contributed by atoms with Crippen molar-refractivity contribution in [3.05, 3.63) is 64.6 Å². The summed E-state index contributed by atoms with van der Waals surface area (Å²) < 4.78 is 40.5. The zero-order chi connectivity index (χ0) is 19.8. The minimum absolute atomic E-state index is 0.0737. The number of hydrogen-bond acceptors (Lipinski definition) is 5. The Morgan fingerprint density at radius 3 is 2.54 bits per heavy atom. The zero-order valence-electron chi connectivity index (χ0n) is 15.6. The van der Waals surface area contributed by atoms with Gasteiger partial charge in [0.25, 0.3) is 0 Å². The number of hydrogen-bond donors (Lipinski definition) is 1. The lowest BCUT2D eigenvalue weighted by Crippen LogP contribution is -2.44. The Balaban J connectivity index is 1.62. The summed E-state index contributed by atoms with van der Waals surface area (Å²) in [5, 5.41) is 0. The Bertz CT molecular complexity index is 1140. The molecule has 3 aromatic rings. The number of ether oxygens (including phenoxy) is 1. The normalized spacial score (nSPS) is 17.0. The highest BCUT2D eigenvalue weighted by Crippen LogP contribution is 2.34. The van der Waals surface area contributed by atoms with E-state index in [0.29, 0.717) is 18.7 Å². The van der Waals surface area contributed by atoms with Crippen molar-refractivity contribution >= 4 is 21.1 Å². The van der Waals surface area contributed by atoms with Crippen molar-refractivity contribution in [3.63, 3.8) is 0 Å². The second kappa shape index (κ2) is 7.20. The van der Waals surface area contributed by atoms with Gasteiger partial charge in [-0.15, -0.1) is 0 Å². The van der Waals surface area contributed by atoms with Crippen molar-refractivity contribution in [2.75, 3.05) is 19.8 Å². The van der Waals surface area contributed by atoms with E-state index in [4.69, 9.17) is 9.15 Å². The highest BCUT2D eigenvalue weighted by Gasteiger charge is 2.35. The molecular formula is C20H22N2O5S. The highest BCUT2D eigenvalue weighted by atomic mass is 32.2. The molecule has 1 fully saturated rings. The Morgan fingerprint density at radius 2 is 1.82 bits per heavy atom. The summed E-state index contributed by atoms with van der Waals surface area (Å²) in [4.78, 5) is 11.7. The maximum absolute atomic E-state index is 12.9. The van der Waals surface area contributed by atoms with E-state index in [1.54, 1.807) is 13.1 Å². The van der Waals surface area contributed by atoms with Crippen LogP contribution in [0.15, 0.2) is 62.6 Å². The number of sulfonamides is 1. The molecule has 0 aliphatic carbocycles. The van der Waals surface area contributed by atoms with Crippen molar-refractivity contribution in [2.45, 2.75) is 23.2 Å². The third kappa shape index (κ3) is 3.39. The van der Waals surface area contributed by atoms with Gasteiger partial charge in [-0.25, -0.2) is 17.9 Å². The first-order valence-corrected chi connectivity index (χ1v) is 10.6. The molecule has 4 rings (SSSR count). The summed E-state index contributed by atoms with van der Waals surface area (Å²) in [6.45, 7) is 1.47. The Hall–Kier alpha value is -2.42. The van der Waals surface area contributed by atoms with E-state index in [0.717, 1.165) is 18.4 Å². The fourth-order valence-corrected chi connectivity index (χ4v) is 4.86. The summed E-state index contributed by atoms with van der Waals surface area (Å²) >= 11 is 0. The molecule has 7 nitrogen and oxygen atoms in total. The molecule has 1 aliphatic heterocycles. The van der Waals surface area contributed by atoms with Crippen molar-refractivity contribution in [1.82, 2.24) is 9.29 Å². The fraction of sp³-hybridized carbons (Fsp3) is 0.350. The molecule has 0 unspecified atom stereocenters. The average Bonchev–Trinajstić information content (AvgIpc) is 3.01. The number of nitrogens with zero attached hydrogens (tertiary/aromatic N) is 1. The van der Waals surface area contributed by atoms with Crippen LogP contribution in [0.25, 0.3) is 11.1 Å². The van der Waals surface area contributed by atoms with Gasteiger partial charge in [0, 0.05) is 38.3 Å². The summed E-state index contributed by atoms with van der Waals surface area (Å²) in [5.74, 6) is -0.525. The maximum atomic E-state index is 12.9. The lowest BCUT2D eigenvalue weighted by molar-refractivity contribution is 0.0517. The van der Waals surface area contributed by atoms with Crippen LogP contribution >= 0.6 is 0 Å². The van der Waals surface area contributed by atoms with Crippen molar-refractivity contribution in [1.29, 1.82) is 0 Å². The van der Waals surface area contributed by atoms with Crippen molar-refractivity contribution < 1.29 is 17.6 Å². The Kier molecular flexibility index (Phi) is 4.86. The van der Waals surface area contributed by atoms with E-state index >= 15 is 0 Å². The predicted molar refractivity (Wildman–Crippen MR) is 105 cm³/mol. The molecule has 0 radical (unpaired) electrons. The number of nitrogens with one attached hydrogen (secondary N) is 1. The van der Waals surface area contributed by atoms with Crippen molar-refractivity contribution in [3.8, 4) is 0 Å². The van der Waals surface area contributed by atoms with Crippen LogP contribution in [0.4, 0.5) is 0 Å². The molecule has 0 amide bonds. The molecule has 1 aliphatic rings. The van der Waals surface area contributed by atoms with Crippen molar-refractivity contribution in [2.24, 2.45) is 7.05 Å². The smallest absolute Gasteiger partial charge is 0.408 e. The monoisotopic (exact) mass is 402 g/mol. The number of benzene rings is 2. The zero-order valence-corrected chi connectivity index (χ0v) is 16.4. The van der Waals surface area contributed by atoms with Crippen LogP contribution in [0.3, 0.4) is 0 Å². The van der Waals surface area contributed by atoms with Crippen LogP contribution in [0.2, 0.25) is 0 Å². The quantitative estimate of drug-likeness (QED) is 0.706. The van der Waals surface area contributed by atoms with Gasteiger partial charge < -0.3 is 9.15 Å². The van der Waals surface area contributed by atoms with Crippen LogP contribution < -0.4 is 10.5 Å². The predicted octanol–water partition coefficient (Wildman–Crippen LogP) is 2.16. The van der Waals surface area contributed by atoms with E-state index in [-0.39, 0.29) is 22.4 Å². The Labute approximate surface area is 163 Å². The minimum atomic E-state index is -3.76. The van der Waals surface area contributed by atoms with Gasteiger partial charge in [-0.05, 0) is 30.5 Å². The molecule has 1 saturated heterocycles. The van der Waals surface area contributed by atoms with Crippen LogP contribution in [0.5, 0.6) is 0 Å². The SMILES string of the molecule is Cn1c(=O)oc2cc(S(=O)(=O)NCC3(c4ccccc4)CCOCC3)ccc21. The number of aryl methyl sites for hydroxylation is 1. The molecule has 8 heteroatoms. The van der Waals surface area contributed by atoms with Gasteiger partial charge in [0.1, 0.15) is 0 Å². The number of aromatic nitrogens is 1. The van der Waals surface area contributed by atoms with E-state index in [1.165, 1.54) is 16.7 Å². The molecule has 2 aromatic carbocycles. The highest BCUT2D eigenvalue weighted by molar-refractivity contribution is 7.89. The molecular weight excluding hydrogens is 380 g/mol. The maximum Gasteiger partial charge on any atom is 0.419 e. The largest absolute Gasteiger partial charge is 0.419 e. The molecule has 28 heavy (non-hydrogen) atoms. The first-order chi connectivity index (χ1) is 13.4. The first kappa shape index (κ1) is 18.9. The molecule has 0 bridgehead atoms. The minimum Gasteiger partial charge on any atom is -0.408 e. The number of fused-ring (bicyclic) bond motifs is 1. The van der Waals surface area contributed by atoms with Crippen LogP contribution in [0, 0.1) is 0 Å². The van der Waals surface area contributed by atoms with Gasteiger partial charge in [-0.3, -0.25) is 4.57 Å². The fourth-order valence-electron chi connectivity index (χ4n) is 3.72. The van der Waals surface area contributed by atoms with Gasteiger partial charge in [-0.2, -0.15) is 0 Å². The molecule has 148 valence electrons. The molecule has 0 spiro atoms. The lowest BCUT2D eigenvalue weighted by atomic mass is 9.74. The lowest BCUT2D eigenvalue weighted by Gasteiger charge is -2.37. The van der Waals surface area contributed by atoms with E-state index in [9.17, 15) is 13.2 Å². The van der Waals surface area contributed by atoms with Gasteiger partial charge in [-0.1, -0.05) is 30.3 Å². The van der Waals surface area contributed by atoms with Crippen LogP contribution in [0.1, 0.15) is 18.4 Å². The standard InChI is InChI=1S/C20H22N2O5S/c1-22-17-8-7-16(13-18(17)27-19(22)23)28(24,25)21-14-20(9-11-26-12-10-20)15-5-3-2-4-6-15/h2-8,13,21H,9-12,14H2,1H3. The second-order valence-corrected chi connectivity index (χ2v) is 8.91. The molecule has 0 atom stereocenters. The van der Waals surface area contributed by atoms with E-state index < -0.39 is 15.8 Å². The van der Waals surface area contributed by atoms with E-state index in [1.807, 2.05) is 30.3 Å². The van der Waals surface area contributed by atoms with Gasteiger partial charge in [0.15, 0.2) is 5.58 Å². The first-order valence-electron chi connectivity index (χ1n) is 9.14. The molecule has 1 aromatic heterocycles. The number of rotatable bonds is 5. The van der Waals surface area contributed by atoms with Crippen LogP contribution in [-0.2, 0) is 27.2 Å². The average molecular weight is 402 g/mol. The summed E-state index contributed by atoms with van der Waals surface area (Å²) in [5.41, 5.74) is 1.59. The Morgan fingerprint density at radius 1 is 1.11 bits per heavy atom. The number of oxazole rings is 1. The summed E-state index contributed by atoms with van der Waals surface area (Å²) in [7, 11) is -2.18. The van der Waals surface area contributed by atoms with Gasteiger partial charge >= 0.3 is 5.76 Å².